The highest BCUT2D eigenvalue weighted by atomic mass is 35.5. The van der Waals surface area contributed by atoms with Crippen molar-refractivity contribution in [3.63, 3.8) is 0 Å². The van der Waals surface area contributed by atoms with Gasteiger partial charge in [0.15, 0.2) is 5.75 Å². The number of nitro groups is 1. The summed E-state index contributed by atoms with van der Waals surface area (Å²) in [5.74, 6) is 0.0180. The number of nitro benzene ring substituents is 1. The molecule has 8 heteroatoms. The maximum Gasteiger partial charge on any atom is 0.417 e. The van der Waals surface area contributed by atoms with Crippen molar-refractivity contribution in [3.05, 3.63) is 62.1 Å². The molecule has 1 amide bonds. The molecule has 0 aliphatic rings. The van der Waals surface area contributed by atoms with Gasteiger partial charge in [0.2, 0.25) is 0 Å². The van der Waals surface area contributed by atoms with Crippen LogP contribution in [0.4, 0.5) is 16.2 Å². The van der Waals surface area contributed by atoms with Crippen LogP contribution in [0.3, 0.4) is 0 Å². The highest BCUT2D eigenvalue weighted by molar-refractivity contribution is 6.32. The fourth-order valence-electron chi connectivity index (χ4n) is 1.66. The molecule has 0 atom stereocenters. The van der Waals surface area contributed by atoms with E-state index in [-0.39, 0.29) is 16.5 Å². The van der Waals surface area contributed by atoms with Gasteiger partial charge in [-0.2, -0.15) is 0 Å². The molecule has 0 saturated heterocycles. The van der Waals surface area contributed by atoms with Gasteiger partial charge in [-0.15, -0.1) is 0 Å². The third kappa shape index (κ3) is 3.66. The Morgan fingerprint density at radius 2 is 1.95 bits per heavy atom. The maximum absolute atomic E-state index is 11.8. The summed E-state index contributed by atoms with van der Waals surface area (Å²) < 4.78 is 5.03. The highest BCUT2D eigenvalue weighted by Crippen LogP contribution is 2.29. The van der Waals surface area contributed by atoms with E-state index in [0.29, 0.717) is 16.3 Å². The zero-order chi connectivity index (χ0) is 16.3. The minimum absolute atomic E-state index is 0.0180. The second-order valence-corrected chi connectivity index (χ2v) is 5.11. The monoisotopic (exact) mass is 340 g/mol. The molecule has 0 radical (unpaired) electrons. The number of carbonyl (C=O) groups excluding carboxylic acids is 1. The van der Waals surface area contributed by atoms with Crippen LogP contribution in [0, 0.1) is 17.0 Å². The van der Waals surface area contributed by atoms with Crippen molar-refractivity contribution in [1.82, 2.24) is 0 Å². The van der Waals surface area contributed by atoms with E-state index in [4.69, 9.17) is 27.9 Å². The first-order valence-corrected chi connectivity index (χ1v) is 6.82. The van der Waals surface area contributed by atoms with Crippen LogP contribution in [0.2, 0.25) is 10.0 Å². The van der Waals surface area contributed by atoms with Crippen molar-refractivity contribution < 1.29 is 14.5 Å². The Balaban J connectivity index is 2.12. The largest absolute Gasteiger partial charge is 0.417 e. The van der Waals surface area contributed by atoms with Gasteiger partial charge in [0.1, 0.15) is 0 Å². The van der Waals surface area contributed by atoms with Crippen LogP contribution in [-0.2, 0) is 0 Å². The summed E-state index contributed by atoms with van der Waals surface area (Å²) in [6.45, 7) is 1.75. The normalized spacial score (nSPS) is 10.1. The maximum atomic E-state index is 11.8. The minimum atomic E-state index is -0.777. The van der Waals surface area contributed by atoms with Crippen molar-refractivity contribution in [2.45, 2.75) is 6.92 Å². The molecular weight excluding hydrogens is 331 g/mol. The number of amides is 1. The second-order valence-electron chi connectivity index (χ2n) is 4.30. The summed E-state index contributed by atoms with van der Waals surface area (Å²) in [4.78, 5) is 21.9. The molecule has 2 aromatic carbocycles. The first kappa shape index (κ1) is 16.1. The Labute approximate surface area is 135 Å². The zero-order valence-electron chi connectivity index (χ0n) is 11.3. The molecule has 114 valence electrons. The molecule has 1 N–H and O–H groups in total. The summed E-state index contributed by atoms with van der Waals surface area (Å²) in [7, 11) is 0. The van der Waals surface area contributed by atoms with Gasteiger partial charge in [-0.3, -0.25) is 15.4 Å². The average molecular weight is 341 g/mol. The molecule has 0 unspecified atom stereocenters. The van der Waals surface area contributed by atoms with E-state index in [1.54, 1.807) is 25.1 Å². The predicted molar refractivity (Wildman–Crippen MR) is 83.9 cm³/mol. The fraction of sp³-hybridized carbons (Fsp3) is 0.0714. The quantitative estimate of drug-likeness (QED) is 0.641. The first-order chi connectivity index (χ1) is 10.4. The Hall–Kier alpha value is -2.31. The smallest absolute Gasteiger partial charge is 0.408 e. The lowest BCUT2D eigenvalue weighted by molar-refractivity contribution is -0.384. The predicted octanol–water partition coefficient (Wildman–Crippen LogP) is 4.82. The molecular formula is C14H10Cl2N2O4. The van der Waals surface area contributed by atoms with E-state index in [2.05, 4.69) is 5.32 Å². The van der Waals surface area contributed by atoms with Crippen LogP contribution in [-0.4, -0.2) is 11.0 Å². The van der Waals surface area contributed by atoms with Crippen LogP contribution < -0.4 is 10.1 Å². The topological polar surface area (TPSA) is 81.5 Å². The molecule has 22 heavy (non-hydrogen) atoms. The lowest BCUT2D eigenvalue weighted by Gasteiger charge is -2.10. The Kier molecular flexibility index (Phi) is 4.85. The number of rotatable bonds is 3. The van der Waals surface area contributed by atoms with E-state index < -0.39 is 11.0 Å². The third-order valence-corrected chi connectivity index (χ3v) is 3.54. The Morgan fingerprint density at radius 1 is 1.23 bits per heavy atom. The number of non-ortho nitro benzene ring substituents is 1. The van der Waals surface area contributed by atoms with Crippen molar-refractivity contribution in [2.24, 2.45) is 0 Å². The van der Waals surface area contributed by atoms with Crippen LogP contribution in [0.15, 0.2) is 36.4 Å². The third-order valence-electron chi connectivity index (χ3n) is 2.83. The van der Waals surface area contributed by atoms with Crippen LogP contribution in [0.1, 0.15) is 5.56 Å². The van der Waals surface area contributed by atoms with E-state index in [1.807, 2.05) is 0 Å². The van der Waals surface area contributed by atoms with Gasteiger partial charge in [-0.1, -0.05) is 29.3 Å². The van der Waals surface area contributed by atoms with Gasteiger partial charge in [-0.25, -0.2) is 4.79 Å². The van der Waals surface area contributed by atoms with Crippen LogP contribution in [0.25, 0.3) is 0 Å². The molecule has 0 bridgehead atoms. The van der Waals surface area contributed by atoms with Gasteiger partial charge >= 0.3 is 6.09 Å². The number of hydrogen-bond acceptors (Lipinski definition) is 4. The van der Waals surface area contributed by atoms with Crippen molar-refractivity contribution in [2.75, 3.05) is 5.32 Å². The van der Waals surface area contributed by atoms with Gasteiger partial charge < -0.3 is 4.74 Å². The first-order valence-electron chi connectivity index (χ1n) is 6.06. The van der Waals surface area contributed by atoms with Gasteiger partial charge in [0.25, 0.3) is 5.69 Å². The van der Waals surface area contributed by atoms with Crippen molar-refractivity contribution in [3.8, 4) is 5.75 Å². The van der Waals surface area contributed by atoms with Crippen LogP contribution in [0.5, 0.6) is 5.75 Å². The number of ether oxygens (including phenoxy) is 1. The molecule has 6 nitrogen and oxygen atoms in total. The van der Waals surface area contributed by atoms with E-state index in [0.717, 1.165) is 6.07 Å². The minimum Gasteiger partial charge on any atom is -0.408 e. The summed E-state index contributed by atoms with van der Waals surface area (Å²) in [6, 6.07) is 8.60. The Bertz CT molecular complexity index is 750. The average Bonchev–Trinajstić information content (AvgIpc) is 2.46. The highest BCUT2D eigenvalue weighted by Gasteiger charge is 2.14. The van der Waals surface area contributed by atoms with E-state index >= 15 is 0 Å². The number of nitrogens with zero attached hydrogens (tertiary/aromatic N) is 1. The van der Waals surface area contributed by atoms with Crippen molar-refractivity contribution >= 4 is 40.7 Å². The summed E-state index contributed by atoms with van der Waals surface area (Å²) in [6.07, 6.45) is -0.777. The summed E-state index contributed by atoms with van der Waals surface area (Å²) in [5, 5.41) is 13.6. The lowest BCUT2D eigenvalue weighted by atomic mass is 10.2. The molecule has 0 spiro atoms. The zero-order valence-corrected chi connectivity index (χ0v) is 12.8. The van der Waals surface area contributed by atoms with E-state index in [1.165, 1.54) is 12.1 Å². The molecule has 2 rings (SSSR count). The van der Waals surface area contributed by atoms with Gasteiger partial charge in [0, 0.05) is 22.8 Å². The van der Waals surface area contributed by atoms with Gasteiger partial charge in [-0.05, 0) is 30.7 Å². The molecule has 0 saturated carbocycles. The van der Waals surface area contributed by atoms with Crippen LogP contribution >= 0.6 is 23.2 Å². The van der Waals surface area contributed by atoms with Crippen molar-refractivity contribution in [1.29, 1.82) is 0 Å². The molecule has 0 aromatic heterocycles. The number of benzene rings is 2. The SMILES string of the molecule is Cc1c(Cl)cccc1NC(=O)Oc1ccc([N+](=O)[O-])cc1Cl. The Morgan fingerprint density at radius 3 is 2.59 bits per heavy atom. The number of halogens is 2. The van der Waals surface area contributed by atoms with E-state index in [9.17, 15) is 14.9 Å². The molecule has 0 aliphatic heterocycles. The molecule has 0 heterocycles. The summed E-state index contributed by atoms with van der Waals surface area (Å²) >= 11 is 11.8. The molecule has 2 aromatic rings. The number of carbonyl (C=O) groups is 1. The summed E-state index contributed by atoms with van der Waals surface area (Å²) in [5.41, 5.74) is 0.995. The molecule has 0 fully saturated rings. The molecule has 0 aliphatic carbocycles. The number of nitrogens with one attached hydrogen (secondary N) is 1. The second kappa shape index (κ2) is 6.64. The standard InChI is InChI=1S/C14H10Cl2N2O4/c1-8-10(15)3-2-4-12(8)17-14(19)22-13-6-5-9(18(20)21)7-11(13)16/h2-7H,1H3,(H,17,19). The lowest BCUT2D eigenvalue weighted by Crippen LogP contribution is -2.17. The van der Waals surface area contributed by atoms with Gasteiger partial charge in [0.05, 0.1) is 9.95 Å². The number of hydrogen-bond donors (Lipinski definition) is 1. The fourth-order valence-corrected chi connectivity index (χ4v) is 2.05. The number of anilines is 1.